The van der Waals surface area contributed by atoms with E-state index in [9.17, 15) is 14.7 Å². The van der Waals surface area contributed by atoms with Gasteiger partial charge in [-0.1, -0.05) is 6.07 Å². The van der Waals surface area contributed by atoms with E-state index in [0.717, 1.165) is 17.0 Å². The zero-order valence-corrected chi connectivity index (χ0v) is 15.8. The second kappa shape index (κ2) is 7.95. The summed E-state index contributed by atoms with van der Waals surface area (Å²) >= 11 is 1.08. The first kappa shape index (κ1) is 18.4. The minimum Gasteiger partial charge on any atom is -0.508 e. The highest BCUT2D eigenvalue weighted by Crippen LogP contribution is 2.22. The molecule has 2 aromatic carbocycles. The van der Waals surface area contributed by atoms with Gasteiger partial charge in [-0.3, -0.25) is 9.59 Å². The first-order valence-electron chi connectivity index (χ1n) is 8.55. The van der Waals surface area contributed by atoms with Crippen molar-refractivity contribution < 1.29 is 14.7 Å². The number of carbonyl (C=O) groups is 2. The predicted octanol–water partition coefficient (Wildman–Crippen LogP) is 3.54. The Kier molecular flexibility index (Phi) is 5.04. The fourth-order valence-corrected chi connectivity index (χ4v) is 3.39. The molecule has 4 rings (SSSR count). The van der Waals surface area contributed by atoms with Gasteiger partial charge in [-0.2, -0.15) is 5.10 Å². The van der Waals surface area contributed by atoms with Gasteiger partial charge < -0.3 is 15.7 Å². The van der Waals surface area contributed by atoms with Crippen molar-refractivity contribution >= 4 is 34.5 Å². The topological polar surface area (TPSA) is 109 Å². The SMILES string of the molecule is O=C(Nc1ccc(-n2cncn2)cc1)c1ccc(C(=O)Nc2cccc(O)c2)s1. The molecule has 29 heavy (non-hydrogen) atoms. The molecule has 9 heteroatoms. The molecule has 0 spiro atoms. The van der Waals surface area contributed by atoms with Gasteiger partial charge in [-0.05, 0) is 48.5 Å². The molecule has 0 saturated carbocycles. The molecule has 0 aliphatic carbocycles. The number of nitrogens with one attached hydrogen (secondary N) is 2. The summed E-state index contributed by atoms with van der Waals surface area (Å²) in [5, 5.41) is 19.0. The molecule has 2 heterocycles. The Hall–Kier alpha value is -3.98. The molecule has 2 amide bonds. The van der Waals surface area contributed by atoms with Crippen LogP contribution in [-0.2, 0) is 0 Å². The summed E-state index contributed by atoms with van der Waals surface area (Å²) < 4.78 is 1.61. The summed E-state index contributed by atoms with van der Waals surface area (Å²) in [4.78, 5) is 29.5. The first-order chi connectivity index (χ1) is 14.1. The van der Waals surface area contributed by atoms with Crippen LogP contribution in [0, 0.1) is 0 Å². The van der Waals surface area contributed by atoms with Gasteiger partial charge >= 0.3 is 0 Å². The maximum absolute atomic E-state index is 12.5. The average Bonchev–Trinajstić information content (AvgIpc) is 3.41. The van der Waals surface area contributed by atoms with Gasteiger partial charge in [-0.15, -0.1) is 11.3 Å². The number of phenolic OH excluding ortho intramolecular Hbond substituents is 1. The molecule has 4 aromatic rings. The summed E-state index contributed by atoms with van der Waals surface area (Å²) in [6, 6.07) is 16.6. The van der Waals surface area contributed by atoms with Gasteiger partial charge in [0.25, 0.3) is 11.8 Å². The Morgan fingerprint density at radius 1 is 0.897 bits per heavy atom. The van der Waals surface area contributed by atoms with Crippen molar-refractivity contribution in [1.82, 2.24) is 14.8 Å². The Bertz CT molecular complexity index is 1150. The third-order valence-corrected chi connectivity index (χ3v) is 5.05. The minimum atomic E-state index is -0.350. The van der Waals surface area contributed by atoms with Crippen molar-refractivity contribution in [3.8, 4) is 11.4 Å². The van der Waals surface area contributed by atoms with Crippen LogP contribution in [-0.4, -0.2) is 31.7 Å². The highest BCUT2D eigenvalue weighted by atomic mass is 32.1. The fourth-order valence-electron chi connectivity index (χ4n) is 2.59. The summed E-state index contributed by atoms with van der Waals surface area (Å²) in [5.74, 6) is -0.597. The van der Waals surface area contributed by atoms with E-state index in [2.05, 4.69) is 20.7 Å². The molecule has 144 valence electrons. The van der Waals surface area contributed by atoms with Gasteiger partial charge in [0.1, 0.15) is 18.4 Å². The van der Waals surface area contributed by atoms with E-state index in [1.807, 2.05) is 12.1 Å². The number of nitrogens with zero attached hydrogens (tertiary/aromatic N) is 3. The van der Waals surface area contributed by atoms with E-state index in [1.54, 1.807) is 47.4 Å². The smallest absolute Gasteiger partial charge is 0.265 e. The molecular formula is C20H15N5O3S. The third kappa shape index (κ3) is 4.30. The van der Waals surface area contributed by atoms with Gasteiger partial charge in [0.15, 0.2) is 0 Å². The van der Waals surface area contributed by atoms with Crippen LogP contribution in [0.4, 0.5) is 11.4 Å². The maximum Gasteiger partial charge on any atom is 0.265 e. The van der Waals surface area contributed by atoms with Crippen LogP contribution < -0.4 is 10.6 Å². The van der Waals surface area contributed by atoms with E-state index < -0.39 is 0 Å². The molecule has 0 unspecified atom stereocenters. The Labute approximate surface area is 169 Å². The molecule has 2 aromatic heterocycles. The number of aromatic hydroxyl groups is 1. The molecule has 0 bridgehead atoms. The number of hydrogen-bond donors (Lipinski definition) is 3. The van der Waals surface area contributed by atoms with Crippen LogP contribution in [0.2, 0.25) is 0 Å². The molecule has 3 N–H and O–H groups in total. The zero-order chi connectivity index (χ0) is 20.2. The highest BCUT2D eigenvalue weighted by molar-refractivity contribution is 7.16. The summed E-state index contributed by atoms with van der Waals surface area (Å²) in [6.07, 6.45) is 3.03. The van der Waals surface area contributed by atoms with E-state index in [1.165, 1.54) is 18.5 Å². The number of phenols is 1. The lowest BCUT2D eigenvalue weighted by atomic mass is 10.2. The van der Waals surface area contributed by atoms with Crippen molar-refractivity contribution in [3.05, 3.63) is 83.1 Å². The summed E-state index contributed by atoms with van der Waals surface area (Å²) in [5.41, 5.74) is 1.92. The number of rotatable bonds is 5. The largest absolute Gasteiger partial charge is 0.508 e. The van der Waals surface area contributed by atoms with Crippen molar-refractivity contribution in [3.63, 3.8) is 0 Å². The number of benzene rings is 2. The molecule has 0 atom stereocenters. The number of aromatic nitrogens is 3. The Morgan fingerprint density at radius 2 is 1.59 bits per heavy atom. The molecule has 0 aliphatic heterocycles. The lowest BCUT2D eigenvalue weighted by molar-refractivity contribution is 0.102. The van der Waals surface area contributed by atoms with Crippen molar-refractivity contribution in [2.75, 3.05) is 10.6 Å². The minimum absolute atomic E-state index is 0.0592. The van der Waals surface area contributed by atoms with Crippen LogP contribution >= 0.6 is 11.3 Å². The summed E-state index contributed by atoms with van der Waals surface area (Å²) in [7, 11) is 0. The fraction of sp³-hybridized carbons (Fsp3) is 0. The number of carbonyl (C=O) groups excluding carboxylic acids is 2. The second-order valence-electron chi connectivity index (χ2n) is 6.01. The number of hydrogen-bond acceptors (Lipinski definition) is 6. The first-order valence-corrected chi connectivity index (χ1v) is 9.37. The lowest BCUT2D eigenvalue weighted by Crippen LogP contribution is -2.11. The lowest BCUT2D eigenvalue weighted by Gasteiger charge is -2.05. The highest BCUT2D eigenvalue weighted by Gasteiger charge is 2.14. The standard InChI is InChI=1S/C20H15N5O3S/c26-16-3-1-2-14(10-16)24-20(28)18-9-8-17(29-18)19(27)23-13-4-6-15(7-5-13)25-12-21-11-22-25/h1-12,26H,(H,23,27)(H,24,28). The zero-order valence-electron chi connectivity index (χ0n) is 14.9. The Balaban J connectivity index is 1.41. The number of amides is 2. The molecular weight excluding hydrogens is 390 g/mol. The van der Waals surface area contributed by atoms with Crippen LogP contribution in [0.25, 0.3) is 5.69 Å². The van der Waals surface area contributed by atoms with Crippen LogP contribution in [0.5, 0.6) is 5.75 Å². The van der Waals surface area contributed by atoms with Crippen molar-refractivity contribution in [2.24, 2.45) is 0 Å². The molecule has 0 aliphatic rings. The van der Waals surface area contributed by atoms with Gasteiger partial charge in [-0.25, -0.2) is 9.67 Å². The van der Waals surface area contributed by atoms with Gasteiger partial charge in [0.2, 0.25) is 0 Å². The normalized spacial score (nSPS) is 10.5. The monoisotopic (exact) mass is 405 g/mol. The third-order valence-electron chi connectivity index (χ3n) is 3.97. The van der Waals surface area contributed by atoms with Crippen LogP contribution in [0.1, 0.15) is 19.3 Å². The molecule has 0 fully saturated rings. The van der Waals surface area contributed by atoms with Gasteiger partial charge in [0, 0.05) is 17.4 Å². The second-order valence-corrected chi connectivity index (χ2v) is 7.09. The van der Waals surface area contributed by atoms with E-state index in [4.69, 9.17) is 0 Å². The Morgan fingerprint density at radius 3 is 2.21 bits per heavy atom. The quantitative estimate of drug-likeness (QED) is 0.471. The number of anilines is 2. The van der Waals surface area contributed by atoms with Crippen LogP contribution in [0.3, 0.4) is 0 Å². The maximum atomic E-state index is 12.5. The summed E-state index contributed by atoms with van der Waals surface area (Å²) in [6.45, 7) is 0. The molecule has 0 radical (unpaired) electrons. The average molecular weight is 405 g/mol. The van der Waals surface area contributed by atoms with Crippen LogP contribution in [0.15, 0.2) is 73.3 Å². The van der Waals surface area contributed by atoms with E-state index in [-0.39, 0.29) is 17.6 Å². The van der Waals surface area contributed by atoms with Crippen molar-refractivity contribution in [1.29, 1.82) is 0 Å². The molecule has 0 saturated heterocycles. The van der Waals surface area contributed by atoms with Gasteiger partial charge in [0.05, 0.1) is 15.4 Å². The predicted molar refractivity (Wildman–Crippen MR) is 110 cm³/mol. The molecule has 8 nitrogen and oxygen atoms in total. The van der Waals surface area contributed by atoms with E-state index in [0.29, 0.717) is 21.1 Å². The van der Waals surface area contributed by atoms with E-state index >= 15 is 0 Å². The number of thiophene rings is 1. The van der Waals surface area contributed by atoms with Crippen molar-refractivity contribution in [2.45, 2.75) is 0 Å².